The van der Waals surface area contributed by atoms with Crippen molar-refractivity contribution in [1.29, 1.82) is 0 Å². The maximum atomic E-state index is 12.7. The van der Waals surface area contributed by atoms with Gasteiger partial charge in [-0.2, -0.15) is 0 Å². The van der Waals surface area contributed by atoms with Gasteiger partial charge in [0.05, 0.1) is 18.1 Å². The summed E-state index contributed by atoms with van der Waals surface area (Å²) in [6.07, 6.45) is 5.18. The third kappa shape index (κ3) is 3.08. The molecule has 1 fully saturated rings. The Balaban J connectivity index is 1.51. The molecule has 3 heterocycles. The highest BCUT2D eigenvalue weighted by molar-refractivity contribution is 5.93. The highest BCUT2D eigenvalue weighted by Crippen LogP contribution is 2.19. The number of carbonyl (C=O) groups is 1. The zero-order chi connectivity index (χ0) is 17.2. The number of aromatic nitrogens is 2. The summed E-state index contributed by atoms with van der Waals surface area (Å²) in [4.78, 5) is 34.4. The standard InChI is InChI=1S/C18H15N3O4/c22-14-9-16(25-15-4-2-1-3-13(14)15)18(23)21-8-5-12(11-21)24-17-10-19-6-7-20-17/h1-4,6-7,9-10,12H,5,8,11H2. The lowest BCUT2D eigenvalue weighted by Gasteiger charge is -2.16. The molecule has 1 aliphatic heterocycles. The quantitative estimate of drug-likeness (QED) is 0.725. The molecule has 1 aliphatic rings. The van der Waals surface area contributed by atoms with E-state index in [-0.39, 0.29) is 23.2 Å². The van der Waals surface area contributed by atoms with Crippen molar-refractivity contribution in [1.82, 2.24) is 14.9 Å². The summed E-state index contributed by atoms with van der Waals surface area (Å²) in [7, 11) is 0. The molecule has 3 aromatic rings. The fourth-order valence-corrected chi connectivity index (χ4v) is 2.89. The van der Waals surface area contributed by atoms with E-state index < -0.39 is 0 Å². The van der Waals surface area contributed by atoms with E-state index in [4.69, 9.17) is 9.15 Å². The van der Waals surface area contributed by atoms with Gasteiger partial charge in [0.25, 0.3) is 5.91 Å². The molecule has 25 heavy (non-hydrogen) atoms. The average Bonchev–Trinajstić information content (AvgIpc) is 3.10. The SMILES string of the molecule is O=C(c1cc(=O)c2ccccc2o1)N1CCC(Oc2cnccn2)C1. The van der Waals surface area contributed by atoms with Crippen LogP contribution < -0.4 is 10.2 Å². The molecule has 2 aromatic heterocycles. The van der Waals surface area contributed by atoms with Crippen molar-refractivity contribution in [2.45, 2.75) is 12.5 Å². The molecule has 1 amide bonds. The number of nitrogens with zero attached hydrogens (tertiary/aromatic N) is 3. The highest BCUT2D eigenvalue weighted by Gasteiger charge is 2.30. The lowest BCUT2D eigenvalue weighted by atomic mass is 10.2. The second kappa shape index (κ2) is 6.35. The minimum Gasteiger partial charge on any atom is -0.471 e. The Labute approximate surface area is 142 Å². The van der Waals surface area contributed by atoms with Crippen LogP contribution in [-0.2, 0) is 0 Å². The molecule has 1 aromatic carbocycles. The monoisotopic (exact) mass is 337 g/mol. The molecular formula is C18H15N3O4. The Bertz CT molecular complexity index is 971. The molecule has 7 heteroatoms. The van der Waals surface area contributed by atoms with Crippen LogP contribution in [0.2, 0.25) is 0 Å². The van der Waals surface area contributed by atoms with E-state index >= 15 is 0 Å². The molecule has 1 saturated heterocycles. The fraction of sp³-hybridized carbons (Fsp3) is 0.222. The number of carbonyl (C=O) groups excluding carboxylic acids is 1. The van der Waals surface area contributed by atoms with Crippen LogP contribution in [0.5, 0.6) is 5.88 Å². The first kappa shape index (κ1) is 15.3. The van der Waals surface area contributed by atoms with E-state index in [9.17, 15) is 9.59 Å². The minimum absolute atomic E-state index is 0.0452. The number of hydrogen-bond acceptors (Lipinski definition) is 6. The molecule has 1 atom stereocenters. The number of rotatable bonds is 3. The maximum absolute atomic E-state index is 12.7. The van der Waals surface area contributed by atoms with Crippen LogP contribution in [-0.4, -0.2) is 40.0 Å². The zero-order valence-electron chi connectivity index (χ0n) is 13.3. The van der Waals surface area contributed by atoms with Gasteiger partial charge in [0.15, 0.2) is 11.2 Å². The Hall–Kier alpha value is -3.22. The van der Waals surface area contributed by atoms with Crippen LogP contribution in [0.4, 0.5) is 0 Å². The van der Waals surface area contributed by atoms with Crippen molar-refractivity contribution >= 4 is 16.9 Å². The first-order valence-electron chi connectivity index (χ1n) is 7.95. The molecular weight excluding hydrogens is 322 g/mol. The predicted molar refractivity (Wildman–Crippen MR) is 89.5 cm³/mol. The molecule has 1 unspecified atom stereocenters. The first-order valence-corrected chi connectivity index (χ1v) is 7.95. The third-order valence-corrected chi connectivity index (χ3v) is 4.10. The number of para-hydroxylation sites is 1. The zero-order valence-corrected chi connectivity index (χ0v) is 13.3. The van der Waals surface area contributed by atoms with Gasteiger partial charge in [-0.1, -0.05) is 12.1 Å². The van der Waals surface area contributed by atoms with E-state index in [2.05, 4.69) is 9.97 Å². The number of ether oxygens (including phenoxy) is 1. The van der Waals surface area contributed by atoms with E-state index in [0.29, 0.717) is 36.4 Å². The second-order valence-electron chi connectivity index (χ2n) is 5.79. The fourth-order valence-electron chi connectivity index (χ4n) is 2.89. The van der Waals surface area contributed by atoms with Gasteiger partial charge in [-0.25, -0.2) is 4.98 Å². The predicted octanol–water partition coefficient (Wildman–Crippen LogP) is 1.88. The number of amides is 1. The van der Waals surface area contributed by atoms with Gasteiger partial charge >= 0.3 is 0 Å². The van der Waals surface area contributed by atoms with E-state index in [0.717, 1.165) is 0 Å². The normalized spacial score (nSPS) is 17.0. The van der Waals surface area contributed by atoms with Gasteiger partial charge < -0.3 is 14.1 Å². The van der Waals surface area contributed by atoms with Gasteiger partial charge in [0.1, 0.15) is 11.7 Å². The summed E-state index contributed by atoms with van der Waals surface area (Å²) in [5.41, 5.74) is 0.182. The van der Waals surface area contributed by atoms with Crippen LogP contribution in [0, 0.1) is 0 Å². The van der Waals surface area contributed by atoms with Crippen molar-refractivity contribution in [3.05, 3.63) is 64.9 Å². The largest absolute Gasteiger partial charge is 0.471 e. The van der Waals surface area contributed by atoms with Gasteiger partial charge in [-0.3, -0.25) is 14.6 Å². The van der Waals surface area contributed by atoms with Gasteiger partial charge in [-0.05, 0) is 12.1 Å². The molecule has 0 saturated carbocycles. The topological polar surface area (TPSA) is 85.5 Å². The molecule has 0 aliphatic carbocycles. The number of fused-ring (bicyclic) bond motifs is 1. The maximum Gasteiger partial charge on any atom is 0.289 e. The van der Waals surface area contributed by atoms with Crippen LogP contribution in [0.3, 0.4) is 0 Å². The molecule has 7 nitrogen and oxygen atoms in total. The van der Waals surface area contributed by atoms with Crippen LogP contribution in [0.1, 0.15) is 17.0 Å². The van der Waals surface area contributed by atoms with Crippen molar-refractivity contribution in [3.8, 4) is 5.88 Å². The van der Waals surface area contributed by atoms with Crippen molar-refractivity contribution in [2.24, 2.45) is 0 Å². The van der Waals surface area contributed by atoms with Gasteiger partial charge in [0.2, 0.25) is 5.88 Å². The number of benzene rings is 1. The molecule has 0 N–H and O–H groups in total. The summed E-state index contributed by atoms with van der Waals surface area (Å²) in [5.74, 6) is 0.163. The minimum atomic E-state index is -0.312. The van der Waals surface area contributed by atoms with Gasteiger partial charge in [0, 0.05) is 31.4 Å². The Morgan fingerprint density at radius 1 is 1.28 bits per heavy atom. The summed E-state index contributed by atoms with van der Waals surface area (Å²) in [6, 6.07) is 8.13. The molecule has 0 radical (unpaired) electrons. The highest BCUT2D eigenvalue weighted by atomic mass is 16.5. The molecule has 4 rings (SSSR count). The average molecular weight is 337 g/mol. The van der Waals surface area contributed by atoms with Crippen molar-refractivity contribution in [2.75, 3.05) is 13.1 Å². The molecule has 0 bridgehead atoms. The third-order valence-electron chi connectivity index (χ3n) is 4.10. The van der Waals surface area contributed by atoms with Crippen molar-refractivity contribution < 1.29 is 13.9 Å². The molecule has 126 valence electrons. The molecule has 0 spiro atoms. The van der Waals surface area contributed by atoms with Crippen LogP contribution in [0.15, 0.2) is 58.1 Å². The number of hydrogen-bond donors (Lipinski definition) is 0. The summed E-state index contributed by atoms with van der Waals surface area (Å²) >= 11 is 0. The van der Waals surface area contributed by atoms with E-state index in [1.54, 1.807) is 41.6 Å². The Morgan fingerprint density at radius 3 is 3.00 bits per heavy atom. The van der Waals surface area contributed by atoms with Crippen molar-refractivity contribution in [3.63, 3.8) is 0 Å². The lowest BCUT2D eigenvalue weighted by molar-refractivity contribution is 0.0740. The summed E-state index contributed by atoms with van der Waals surface area (Å²) in [6.45, 7) is 0.937. The van der Waals surface area contributed by atoms with E-state index in [1.165, 1.54) is 12.3 Å². The summed E-state index contributed by atoms with van der Waals surface area (Å²) < 4.78 is 11.3. The van der Waals surface area contributed by atoms with Crippen LogP contribution >= 0.6 is 0 Å². The first-order chi connectivity index (χ1) is 12.2. The smallest absolute Gasteiger partial charge is 0.289 e. The Kier molecular flexibility index (Phi) is 3.89. The summed E-state index contributed by atoms with van der Waals surface area (Å²) in [5, 5.41) is 0.462. The lowest BCUT2D eigenvalue weighted by Crippen LogP contribution is -2.31. The van der Waals surface area contributed by atoms with E-state index in [1.807, 2.05) is 0 Å². The number of likely N-dealkylation sites (tertiary alicyclic amines) is 1. The van der Waals surface area contributed by atoms with Crippen LogP contribution in [0.25, 0.3) is 11.0 Å². The second-order valence-corrected chi connectivity index (χ2v) is 5.79. The Morgan fingerprint density at radius 2 is 2.16 bits per heavy atom. The van der Waals surface area contributed by atoms with Gasteiger partial charge in [-0.15, -0.1) is 0 Å².